The average Bonchev–Trinajstić information content (AvgIpc) is 3.00. The van der Waals surface area contributed by atoms with E-state index in [-0.39, 0.29) is 30.3 Å². The molecule has 3 saturated heterocycles. The van der Waals surface area contributed by atoms with Gasteiger partial charge in [-0.05, 0) is 52.4 Å². The summed E-state index contributed by atoms with van der Waals surface area (Å²) in [5, 5.41) is 3.30. The number of hydrogen-bond acceptors (Lipinski definition) is 4. The van der Waals surface area contributed by atoms with Crippen LogP contribution < -0.4 is 5.32 Å². The molecule has 0 aromatic rings. The molecule has 1 atom stereocenters. The quantitative estimate of drug-likeness (QED) is 0.776. The normalized spacial score (nSPS) is 26.9. The maximum atomic E-state index is 12.6. The summed E-state index contributed by atoms with van der Waals surface area (Å²) in [7, 11) is 2.03. The Kier molecular flexibility index (Phi) is 6.68. The molecule has 3 aliphatic rings. The molecule has 0 saturated carbocycles. The lowest BCUT2D eigenvalue weighted by molar-refractivity contribution is -0.144. The van der Waals surface area contributed by atoms with E-state index in [0.29, 0.717) is 32.1 Å². The van der Waals surface area contributed by atoms with Crippen molar-refractivity contribution < 1.29 is 9.59 Å². The number of amides is 2. The Balaban J connectivity index is 0.00000192. The number of piperidine rings is 1. The lowest BCUT2D eigenvalue weighted by Gasteiger charge is -2.38. The van der Waals surface area contributed by atoms with Crippen LogP contribution in [0.4, 0.5) is 0 Å². The lowest BCUT2D eigenvalue weighted by Crippen LogP contribution is -2.55. The van der Waals surface area contributed by atoms with Crippen LogP contribution in [-0.4, -0.2) is 85.4 Å². The summed E-state index contributed by atoms with van der Waals surface area (Å²) in [4.78, 5) is 31.2. The topological polar surface area (TPSA) is 55.9 Å². The zero-order chi connectivity index (χ0) is 15.5. The summed E-state index contributed by atoms with van der Waals surface area (Å²) in [5.74, 6) is 0.741. The highest BCUT2D eigenvalue weighted by Gasteiger charge is 2.34. The van der Waals surface area contributed by atoms with Gasteiger partial charge in [-0.1, -0.05) is 0 Å². The third-order valence-electron chi connectivity index (χ3n) is 5.40. The molecule has 0 radical (unpaired) electrons. The van der Waals surface area contributed by atoms with Gasteiger partial charge in [0, 0.05) is 32.1 Å². The molecule has 0 bridgehead atoms. The summed E-state index contributed by atoms with van der Waals surface area (Å²) in [6, 6.07) is 0.0617. The van der Waals surface area contributed by atoms with Gasteiger partial charge in [-0.25, -0.2) is 0 Å². The van der Waals surface area contributed by atoms with Gasteiger partial charge in [0.1, 0.15) is 0 Å². The molecule has 0 spiro atoms. The van der Waals surface area contributed by atoms with Crippen molar-refractivity contribution in [1.29, 1.82) is 0 Å². The number of nitrogens with one attached hydrogen (secondary N) is 1. The molecular weight excluding hydrogens is 316 g/mol. The van der Waals surface area contributed by atoms with Gasteiger partial charge < -0.3 is 15.1 Å². The lowest BCUT2D eigenvalue weighted by atomic mass is 9.96. The number of likely N-dealkylation sites (N-methyl/N-ethyl adjacent to an activating group) is 1. The van der Waals surface area contributed by atoms with Gasteiger partial charge in [0.15, 0.2) is 0 Å². The van der Waals surface area contributed by atoms with Gasteiger partial charge >= 0.3 is 0 Å². The van der Waals surface area contributed by atoms with E-state index in [9.17, 15) is 9.59 Å². The van der Waals surface area contributed by atoms with E-state index in [1.807, 2.05) is 16.8 Å². The van der Waals surface area contributed by atoms with Gasteiger partial charge in [-0.2, -0.15) is 0 Å². The number of hydrogen-bond donors (Lipinski definition) is 1. The van der Waals surface area contributed by atoms with Gasteiger partial charge in [-0.3, -0.25) is 14.5 Å². The molecule has 6 nitrogen and oxygen atoms in total. The van der Waals surface area contributed by atoms with Crippen molar-refractivity contribution in [3.05, 3.63) is 0 Å². The molecular formula is C16H29ClN4O2. The number of piperazine rings is 1. The summed E-state index contributed by atoms with van der Waals surface area (Å²) in [5.41, 5.74) is 0. The summed E-state index contributed by atoms with van der Waals surface area (Å²) >= 11 is 0. The van der Waals surface area contributed by atoms with E-state index in [4.69, 9.17) is 0 Å². The molecule has 23 heavy (non-hydrogen) atoms. The highest BCUT2D eigenvalue weighted by Crippen LogP contribution is 2.20. The first-order valence-corrected chi connectivity index (χ1v) is 8.65. The van der Waals surface area contributed by atoms with Crippen molar-refractivity contribution in [3.63, 3.8) is 0 Å². The number of rotatable bonds is 2. The number of carbonyl (C=O) groups is 2. The largest absolute Gasteiger partial charge is 0.339 e. The van der Waals surface area contributed by atoms with Crippen LogP contribution in [0.1, 0.15) is 25.7 Å². The second-order valence-corrected chi connectivity index (χ2v) is 6.81. The zero-order valence-corrected chi connectivity index (χ0v) is 14.8. The van der Waals surface area contributed by atoms with Crippen LogP contribution in [0.3, 0.4) is 0 Å². The smallest absolute Gasteiger partial charge is 0.240 e. The van der Waals surface area contributed by atoms with Crippen LogP contribution in [0.2, 0.25) is 0 Å². The highest BCUT2D eigenvalue weighted by molar-refractivity contribution is 5.85. The van der Waals surface area contributed by atoms with Crippen LogP contribution >= 0.6 is 12.4 Å². The first-order valence-electron chi connectivity index (χ1n) is 8.65. The third-order valence-corrected chi connectivity index (χ3v) is 5.40. The minimum absolute atomic E-state index is 0. The third kappa shape index (κ3) is 4.17. The van der Waals surface area contributed by atoms with Crippen LogP contribution in [-0.2, 0) is 9.59 Å². The molecule has 0 aromatic carbocycles. The molecule has 7 heteroatoms. The second kappa shape index (κ2) is 8.31. The van der Waals surface area contributed by atoms with E-state index in [1.165, 1.54) is 0 Å². The predicted octanol–water partition coefficient (Wildman–Crippen LogP) is 0.173. The Morgan fingerprint density at radius 3 is 1.96 bits per heavy atom. The minimum Gasteiger partial charge on any atom is -0.339 e. The Hall–Kier alpha value is -0.850. The van der Waals surface area contributed by atoms with Crippen LogP contribution in [0.5, 0.6) is 0 Å². The number of carbonyl (C=O) groups excluding carboxylic acids is 2. The first-order chi connectivity index (χ1) is 10.7. The van der Waals surface area contributed by atoms with Crippen LogP contribution in [0, 0.1) is 5.92 Å². The van der Waals surface area contributed by atoms with Gasteiger partial charge in [0.25, 0.3) is 0 Å². The number of likely N-dealkylation sites (tertiary alicyclic amines) is 1. The van der Waals surface area contributed by atoms with Crippen LogP contribution in [0.25, 0.3) is 0 Å². The fourth-order valence-electron chi connectivity index (χ4n) is 3.91. The Morgan fingerprint density at radius 2 is 1.43 bits per heavy atom. The van der Waals surface area contributed by atoms with Crippen molar-refractivity contribution >= 4 is 24.2 Å². The Morgan fingerprint density at radius 1 is 0.870 bits per heavy atom. The van der Waals surface area contributed by atoms with E-state index >= 15 is 0 Å². The standard InChI is InChI=1S/C16H28N4O2.ClH/c1-18-8-2-3-14(18)16(22)20-11-9-19(10-12-20)15(21)13-4-6-17-7-5-13;/h13-14,17H,2-12H2,1H3;1H. The van der Waals surface area contributed by atoms with Gasteiger partial charge in [0.05, 0.1) is 6.04 Å². The van der Waals surface area contributed by atoms with E-state index in [1.54, 1.807) is 0 Å². The SMILES string of the molecule is CN1CCCC1C(=O)N1CCN(C(=O)C2CCNCC2)CC1.Cl. The Bertz CT molecular complexity index is 420. The fraction of sp³-hybridized carbons (Fsp3) is 0.875. The molecule has 3 rings (SSSR count). The number of halogens is 1. The molecule has 1 unspecified atom stereocenters. The summed E-state index contributed by atoms with van der Waals surface area (Å²) in [6.45, 7) is 5.70. The van der Waals surface area contributed by atoms with Crippen molar-refractivity contribution in [3.8, 4) is 0 Å². The van der Waals surface area contributed by atoms with Crippen molar-refractivity contribution in [2.45, 2.75) is 31.7 Å². The van der Waals surface area contributed by atoms with Crippen molar-refractivity contribution in [2.24, 2.45) is 5.92 Å². The number of nitrogens with zero attached hydrogens (tertiary/aromatic N) is 3. The van der Waals surface area contributed by atoms with Gasteiger partial charge in [0.2, 0.25) is 11.8 Å². The maximum Gasteiger partial charge on any atom is 0.240 e. The second-order valence-electron chi connectivity index (χ2n) is 6.81. The zero-order valence-electron chi connectivity index (χ0n) is 14.0. The highest BCUT2D eigenvalue weighted by atomic mass is 35.5. The van der Waals surface area contributed by atoms with E-state index in [2.05, 4.69) is 10.2 Å². The first kappa shape index (κ1) is 18.5. The maximum absolute atomic E-state index is 12.6. The fourth-order valence-corrected chi connectivity index (χ4v) is 3.91. The van der Waals surface area contributed by atoms with Crippen LogP contribution in [0.15, 0.2) is 0 Å². The minimum atomic E-state index is 0. The molecule has 3 fully saturated rings. The molecule has 0 aliphatic carbocycles. The van der Waals surface area contributed by atoms with E-state index < -0.39 is 0 Å². The molecule has 1 N–H and O–H groups in total. The van der Waals surface area contributed by atoms with Gasteiger partial charge in [-0.15, -0.1) is 12.4 Å². The Labute approximate surface area is 145 Å². The van der Waals surface area contributed by atoms with Crippen molar-refractivity contribution in [2.75, 3.05) is 52.9 Å². The molecule has 3 aliphatic heterocycles. The average molecular weight is 345 g/mol. The molecule has 132 valence electrons. The monoisotopic (exact) mass is 344 g/mol. The summed E-state index contributed by atoms with van der Waals surface area (Å²) < 4.78 is 0. The van der Waals surface area contributed by atoms with Crippen molar-refractivity contribution in [1.82, 2.24) is 20.0 Å². The molecule has 2 amide bonds. The van der Waals surface area contributed by atoms with E-state index in [0.717, 1.165) is 45.3 Å². The predicted molar refractivity (Wildman–Crippen MR) is 91.7 cm³/mol. The molecule has 0 aromatic heterocycles. The molecule has 3 heterocycles. The summed E-state index contributed by atoms with van der Waals surface area (Å²) in [6.07, 6.45) is 3.99.